The van der Waals surface area contributed by atoms with Crippen molar-refractivity contribution in [2.75, 3.05) is 17.4 Å². The molecule has 7 nitrogen and oxygen atoms in total. The van der Waals surface area contributed by atoms with E-state index in [1.54, 1.807) is 50.2 Å². The molecule has 1 atom stereocenters. The molecule has 1 unspecified atom stereocenters. The van der Waals surface area contributed by atoms with Crippen LogP contribution in [0, 0.1) is 6.92 Å². The van der Waals surface area contributed by atoms with Crippen molar-refractivity contribution in [2.24, 2.45) is 0 Å². The first-order valence-electron chi connectivity index (χ1n) is 12.1. The van der Waals surface area contributed by atoms with Crippen molar-refractivity contribution in [3.63, 3.8) is 0 Å². The van der Waals surface area contributed by atoms with Crippen LogP contribution in [0.4, 0.5) is 5.69 Å². The molecule has 0 aromatic heterocycles. The molecule has 0 aliphatic heterocycles. The van der Waals surface area contributed by atoms with Gasteiger partial charge in [0, 0.05) is 18.1 Å². The first kappa shape index (κ1) is 28.2. The number of carbonyl (C=O) groups is 2. The molecule has 0 spiro atoms. The number of amides is 2. The lowest BCUT2D eigenvalue weighted by Crippen LogP contribution is -2.51. The molecule has 9 heteroatoms. The fourth-order valence-electron chi connectivity index (χ4n) is 3.89. The summed E-state index contributed by atoms with van der Waals surface area (Å²) in [6.07, 6.45) is 0.754. The molecule has 2 amide bonds. The zero-order valence-electron chi connectivity index (χ0n) is 21.2. The van der Waals surface area contributed by atoms with E-state index in [0.717, 1.165) is 16.3 Å². The minimum Gasteiger partial charge on any atom is -0.354 e. The first-order valence-corrected chi connectivity index (χ1v) is 13.9. The lowest BCUT2D eigenvalue weighted by atomic mass is 10.1. The van der Waals surface area contributed by atoms with Gasteiger partial charge in [-0.25, -0.2) is 8.42 Å². The molecule has 0 bridgehead atoms. The van der Waals surface area contributed by atoms with Gasteiger partial charge in [-0.3, -0.25) is 13.9 Å². The van der Waals surface area contributed by atoms with Gasteiger partial charge in [-0.15, -0.1) is 0 Å². The smallest absolute Gasteiger partial charge is 0.264 e. The summed E-state index contributed by atoms with van der Waals surface area (Å²) in [5.41, 5.74) is 1.76. The van der Waals surface area contributed by atoms with Gasteiger partial charge < -0.3 is 10.2 Å². The third-order valence-electron chi connectivity index (χ3n) is 5.95. The summed E-state index contributed by atoms with van der Waals surface area (Å²) in [4.78, 5) is 28.1. The molecule has 0 radical (unpaired) electrons. The van der Waals surface area contributed by atoms with Crippen LogP contribution in [-0.2, 0) is 26.2 Å². The van der Waals surface area contributed by atoms with Crippen LogP contribution in [0.15, 0.2) is 83.8 Å². The van der Waals surface area contributed by atoms with Crippen molar-refractivity contribution in [3.05, 3.63) is 95.0 Å². The van der Waals surface area contributed by atoms with Gasteiger partial charge in [0.15, 0.2) is 0 Å². The number of rotatable bonds is 11. The van der Waals surface area contributed by atoms with Gasteiger partial charge in [-0.2, -0.15) is 0 Å². The van der Waals surface area contributed by atoms with Crippen molar-refractivity contribution < 1.29 is 18.0 Å². The summed E-state index contributed by atoms with van der Waals surface area (Å²) in [7, 11) is -4.11. The lowest BCUT2D eigenvalue weighted by Gasteiger charge is -2.32. The highest BCUT2D eigenvalue weighted by molar-refractivity contribution is 7.92. The largest absolute Gasteiger partial charge is 0.354 e. The standard InChI is InChI=1S/C28H32ClN3O4S/c1-4-17-30-28(34)22(3)31(19-23-11-7-5-8-12-23)27(33)20-32(26-16-15-24(29)18-21(26)2)37(35,36)25-13-9-6-10-14-25/h5-16,18,22H,4,17,19-20H2,1-3H3,(H,30,34). The number of hydrogen-bond donors (Lipinski definition) is 1. The highest BCUT2D eigenvalue weighted by Crippen LogP contribution is 2.29. The lowest BCUT2D eigenvalue weighted by molar-refractivity contribution is -0.139. The Balaban J connectivity index is 2.03. The molecule has 3 aromatic rings. The van der Waals surface area contributed by atoms with E-state index in [4.69, 9.17) is 11.6 Å². The quantitative estimate of drug-likeness (QED) is 0.378. The number of carbonyl (C=O) groups excluding carboxylic acids is 2. The molecular weight excluding hydrogens is 510 g/mol. The molecular formula is C28H32ClN3O4S. The van der Waals surface area contributed by atoms with Crippen LogP contribution >= 0.6 is 11.6 Å². The van der Waals surface area contributed by atoms with Crippen molar-refractivity contribution in [2.45, 2.75) is 44.7 Å². The Labute approximate surface area is 224 Å². The molecule has 0 aliphatic carbocycles. The maximum Gasteiger partial charge on any atom is 0.264 e. The Kier molecular flexibility index (Phi) is 9.72. The molecule has 1 N–H and O–H groups in total. The minimum absolute atomic E-state index is 0.0560. The van der Waals surface area contributed by atoms with Crippen LogP contribution in [0.2, 0.25) is 5.02 Å². The second-order valence-electron chi connectivity index (χ2n) is 8.73. The van der Waals surface area contributed by atoms with E-state index in [-0.39, 0.29) is 17.3 Å². The third-order valence-corrected chi connectivity index (χ3v) is 7.96. The Morgan fingerprint density at radius 2 is 1.59 bits per heavy atom. The van der Waals surface area contributed by atoms with E-state index in [2.05, 4.69) is 5.32 Å². The van der Waals surface area contributed by atoms with Crippen molar-refractivity contribution in [1.82, 2.24) is 10.2 Å². The fourth-order valence-corrected chi connectivity index (χ4v) is 5.62. The SMILES string of the molecule is CCCNC(=O)C(C)N(Cc1ccccc1)C(=O)CN(c1ccc(Cl)cc1C)S(=O)(=O)c1ccccc1. The molecule has 3 rings (SSSR count). The van der Waals surface area contributed by atoms with Crippen LogP contribution in [0.25, 0.3) is 0 Å². The van der Waals surface area contributed by atoms with Gasteiger partial charge in [0.05, 0.1) is 10.6 Å². The molecule has 0 fully saturated rings. The predicted molar refractivity (Wildman–Crippen MR) is 147 cm³/mol. The molecule has 0 saturated carbocycles. The normalized spacial score (nSPS) is 12.0. The monoisotopic (exact) mass is 541 g/mol. The maximum atomic E-state index is 13.8. The van der Waals surface area contributed by atoms with Gasteiger partial charge in [0.25, 0.3) is 10.0 Å². The van der Waals surface area contributed by atoms with E-state index in [1.807, 2.05) is 37.3 Å². The molecule has 3 aromatic carbocycles. The molecule has 0 aliphatic rings. The average Bonchev–Trinajstić information content (AvgIpc) is 2.90. The van der Waals surface area contributed by atoms with Gasteiger partial charge in [-0.1, -0.05) is 67.1 Å². The summed E-state index contributed by atoms with van der Waals surface area (Å²) in [5.74, 6) is -0.803. The average molecular weight is 542 g/mol. The molecule has 0 heterocycles. The van der Waals surface area contributed by atoms with Crippen molar-refractivity contribution >= 4 is 39.1 Å². The first-order chi connectivity index (χ1) is 17.6. The van der Waals surface area contributed by atoms with Crippen LogP contribution in [-0.4, -0.2) is 44.3 Å². The summed E-state index contributed by atoms with van der Waals surface area (Å²) < 4.78 is 28.6. The second kappa shape index (κ2) is 12.7. The van der Waals surface area contributed by atoms with Crippen LogP contribution in [0.5, 0.6) is 0 Å². The van der Waals surface area contributed by atoms with Gasteiger partial charge in [0.1, 0.15) is 12.6 Å². The zero-order chi connectivity index (χ0) is 27.0. The number of halogens is 1. The number of hydrogen-bond acceptors (Lipinski definition) is 4. The summed E-state index contributed by atoms with van der Waals surface area (Å²) in [6, 6.07) is 21.3. The van der Waals surface area contributed by atoms with Gasteiger partial charge in [0.2, 0.25) is 11.8 Å². The molecule has 37 heavy (non-hydrogen) atoms. The van der Waals surface area contributed by atoms with Crippen LogP contribution in [0.3, 0.4) is 0 Å². The van der Waals surface area contributed by atoms with Crippen LogP contribution < -0.4 is 9.62 Å². The Hall–Kier alpha value is -3.36. The number of anilines is 1. The maximum absolute atomic E-state index is 13.8. The van der Waals surface area contributed by atoms with E-state index in [1.165, 1.54) is 17.0 Å². The summed E-state index contributed by atoms with van der Waals surface area (Å²) in [6.45, 7) is 5.47. The van der Waals surface area contributed by atoms with Gasteiger partial charge in [-0.05, 0) is 61.7 Å². The number of sulfonamides is 1. The molecule has 0 saturated heterocycles. The van der Waals surface area contributed by atoms with E-state index < -0.39 is 28.5 Å². The van der Waals surface area contributed by atoms with Crippen molar-refractivity contribution in [1.29, 1.82) is 0 Å². The summed E-state index contributed by atoms with van der Waals surface area (Å²) >= 11 is 6.13. The highest BCUT2D eigenvalue weighted by atomic mass is 35.5. The Morgan fingerprint density at radius 3 is 2.19 bits per heavy atom. The van der Waals surface area contributed by atoms with Crippen molar-refractivity contribution in [3.8, 4) is 0 Å². The topological polar surface area (TPSA) is 86.8 Å². The number of aryl methyl sites for hydroxylation is 1. The highest BCUT2D eigenvalue weighted by Gasteiger charge is 2.33. The fraction of sp³-hybridized carbons (Fsp3) is 0.286. The number of benzene rings is 3. The zero-order valence-corrected chi connectivity index (χ0v) is 22.8. The number of nitrogens with one attached hydrogen (secondary N) is 1. The predicted octanol–water partition coefficient (Wildman–Crippen LogP) is 4.79. The minimum atomic E-state index is -4.11. The van der Waals surface area contributed by atoms with E-state index in [0.29, 0.717) is 22.8 Å². The third kappa shape index (κ3) is 7.11. The molecule has 196 valence electrons. The van der Waals surface area contributed by atoms with Gasteiger partial charge >= 0.3 is 0 Å². The van der Waals surface area contributed by atoms with Crippen LogP contribution in [0.1, 0.15) is 31.4 Å². The summed E-state index contributed by atoms with van der Waals surface area (Å²) in [5, 5.41) is 3.29. The number of nitrogens with zero attached hydrogens (tertiary/aromatic N) is 2. The Bertz CT molecular complexity index is 1320. The second-order valence-corrected chi connectivity index (χ2v) is 11.0. The Morgan fingerprint density at radius 1 is 0.973 bits per heavy atom. The van der Waals surface area contributed by atoms with E-state index >= 15 is 0 Å². The van der Waals surface area contributed by atoms with E-state index in [9.17, 15) is 18.0 Å².